The van der Waals surface area contributed by atoms with E-state index in [2.05, 4.69) is 0 Å². The van der Waals surface area contributed by atoms with Crippen LogP contribution in [0.2, 0.25) is 0 Å². The first-order valence-electron chi connectivity index (χ1n) is 8.26. The third-order valence-corrected chi connectivity index (χ3v) is 3.05. The van der Waals surface area contributed by atoms with E-state index in [-0.39, 0.29) is 0 Å². The topological polar surface area (TPSA) is 117 Å². The molecule has 0 radical (unpaired) electrons. The number of ether oxygens (including phenoxy) is 3. The van der Waals surface area contributed by atoms with E-state index >= 15 is 0 Å². The number of carbonyl (C=O) groups is 3. The van der Waals surface area contributed by atoms with Crippen LogP contribution in [0.15, 0.2) is 24.3 Å². The van der Waals surface area contributed by atoms with Gasteiger partial charge in [0.25, 0.3) is 5.91 Å². The molecule has 1 rings (SSSR count). The molecule has 1 atom stereocenters. The van der Waals surface area contributed by atoms with Crippen molar-refractivity contribution in [1.82, 2.24) is 5.32 Å². The molecule has 0 spiro atoms. The standard InChI is InChI=1S/C18H24N2O6/c1-4-10-25-14-8-6-13(11-15(14)24-5-2)7-9-16(21)26-12(3)17(22)20-18(19)23/h6-9,11-12H,4-5,10H2,1-3H3,(H3,19,20,22,23)/b9-7+/t12-/m1/s1. The normalized spacial score (nSPS) is 11.7. The highest BCUT2D eigenvalue weighted by Crippen LogP contribution is 2.29. The molecule has 0 unspecified atom stereocenters. The molecule has 0 aromatic heterocycles. The second-order valence-corrected chi connectivity index (χ2v) is 5.25. The lowest BCUT2D eigenvalue weighted by Gasteiger charge is -2.12. The molecule has 0 aliphatic carbocycles. The Morgan fingerprint density at radius 1 is 1.19 bits per heavy atom. The SMILES string of the molecule is CCCOc1ccc(/C=C/C(=O)O[C@H](C)C(=O)NC(N)=O)cc1OCC. The fourth-order valence-electron chi connectivity index (χ4n) is 1.88. The van der Waals surface area contributed by atoms with Gasteiger partial charge in [0, 0.05) is 6.08 Å². The van der Waals surface area contributed by atoms with Gasteiger partial charge in [-0.3, -0.25) is 10.1 Å². The van der Waals surface area contributed by atoms with E-state index < -0.39 is 24.0 Å². The molecule has 3 N–H and O–H groups in total. The zero-order chi connectivity index (χ0) is 19.5. The van der Waals surface area contributed by atoms with Crippen LogP contribution in [0.1, 0.15) is 32.8 Å². The molecule has 1 aromatic rings. The van der Waals surface area contributed by atoms with Crippen molar-refractivity contribution in [3.05, 3.63) is 29.8 Å². The Labute approximate surface area is 152 Å². The molecule has 8 heteroatoms. The molecule has 142 valence electrons. The van der Waals surface area contributed by atoms with Crippen molar-refractivity contribution in [3.63, 3.8) is 0 Å². The molecule has 0 saturated heterocycles. The molecular weight excluding hydrogens is 340 g/mol. The molecule has 0 saturated carbocycles. The van der Waals surface area contributed by atoms with Gasteiger partial charge in [-0.1, -0.05) is 13.0 Å². The van der Waals surface area contributed by atoms with Crippen molar-refractivity contribution in [2.45, 2.75) is 33.3 Å². The Morgan fingerprint density at radius 2 is 1.92 bits per heavy atom. The lowest BCUT2D eigenvalue weighted by atomic mass is 10.2. The van der Waals surface area contributed by atoms with E-state index in [0.717, 1.165) is 6.42 Å². The van der Waals surface area contributed by atoms with E-state index in [9.17, 15) is 14.4 Å². The summed E-state index contributed by atoms with van der Waals surface area (Å²) < 4.78 is 16.0. The van der Waals surface area contributed by atoms with Gasteiger partial charge < -0.3 is 19.9 Å². The molecule has 0 heterocycles. The quantitative estimate of drug-likeness (QED) is 0.511. The van der Waals surface area contributed by atoms with E-state index in [4.69, 9.17) is 19.9 Å². The highest BCUT2D eigenvalue weighted by molar-refractivity contribution is 5.97. The van der Waals surface area contributed by atoms with E-state index in [1.165, 1.54) is 19.1 Å². The fraction of sp³-hybridized carbons (Fsp3) is 0.389. The monoisotopic (exact) mass is 364 g/mol. The van der Waals surface area contributed by atoms with Gasteiger partial charge in [0.05, 0.1) is 13.2 Å². The summed E-state index contributed by atoms with van der Waals surface area (Å²) in [5, 5.41) is 1.83. The van der Waals surface area contributed by atoms with Crippen LogP contribution >= 0.6 is 0 Å². The minimum absolute atomic E-state index is 0.476. The van der Waals surface area contributed by atoms with Crippen LogP contribution in [0.25, 0.3) is 6.08 Å². The summed E-state index contributed by atoms with van der Waals surface area (Å²) in [4.78, 5) is 33.8. The predicted octanol–water partition coefficient (Wildman–Crippen LogP) is 2.01. The summed E-state index contributed by atoms with van der Waals surface area (Å²) in [7, 11) is 0. The number of hydrogen-bond donors (Lipinski definition) is 2. The number of rotatable bonds is 9. The van der Waals surface area contributed by atoms with Crippen LogP contribution in [0.4, 0.5) is 4.79 Å². The highest BCUT2D eigenvalue weighted by Gasteiger charge is 2.17. The number of nitrogens with one attached hydrogen (secondary N) is 1. The number of primary amides is 1. The molecular formula is C18H24N2O6. The first kappa shape index (κ1) is 21.0. The van der Waals surface area contributed by atoms with Crippen LogP contribution in [0.5, 0.6) is 11.5 Å². The summed E-state index contributed by atoms with van der Waals surface area (Å²) in [5.74, 6) is -0.326. The number of hydrogen-bond acceptors (Lipinski definition) is 6. The molecule has 0 fully saturated rings. The molecule has 0 bridgehead atoms. The van der Waals surface area contributed by atoms with Gasteiger partial charge in [-0.2, -0.15) is 0 Å². The average molecular weight is 364 g/mol. The predicted molar refractivity (Wildman–Crippen MR) is 95.7 cm³/mol. The van der Waals surface area contributed by atoms with Gasteiger partial charge in [-0.05, 0) is 44.0 Å². The average Bonchev–Trinajstić information content (AvgIpc) is 2.58. The minimum Gasteiger partial charge on any atom is -0.490 e. The summed E-state index contributed by atoms with van der Waals surface area (Å²) in [6.07, 6.45) is 2.42. The van der Waals surface area contributed by atoms with Gasteiger partial charge in [0.2, 0.25) is 0 Å². The zero-order valence-corrected chi connectivity index (χ0v) is 15.1. The molecule has 8 nitrogen and oxygen atoms in total. The third kappa shape index (κ3) is 7.25. The summed E-state index contributed by atoms with van der Waals surface area (Å²) in [6.45, 7) is 6.25. The number of nitrogens with two attached hydrogens (primary N) is 1. The van der Waals surface area contributed by atoms with E-state index in [0.29, 0.717) is 30.3 Å². The maximum absolute atomic E-state index is 11.8. The molecule has 0 aliphatic heterocycles. The van der Waals surface area contributed by atoms with E-state index in [1.54, 1.807) is 18.2 Å². The van der Waals surface area contributed by atoms with Crippen molar-refractivity contribution in [2.24, 2.45) is 5.73 Å². The molecule has 3 amide bonds. The van der Waals surface area contributed by atoms with Crippen LogP contribution < -0.4 is 20.5 Å². The molecule has 0 aliphatic rings. The van der Waals surface area contributed by atoms with Crippen molar-refractivity contribution < 1.29 is 28.6 Å². The van der Waals surface area contributed by atoms with Crippen LogP contribution in [-0.4, -0.2) is 37.2 Å². The Balaban J connectivity index is 2.74. The number of carbonyl (C=O) groups excluding carboxylic acids is 3. The largest absolute Gasteiger partial charge is 0.490 e. The van der Waals surface area contributed by atoms with Crippen LogP contribution in [0, 0.1) is 0 Å². The molecule has 1 aromatic carbocycles. The maximum Gasteiger partial charge on any atom is 0.331 e. The lowest BCUT2D eigenvalue weighted by Crippen LogP contribution is -2.42. The van der Waals surface area contributed by atoms with Gasteiger partial charge in [-0.15, -0.1) is 0 Å². The minimum atomic E-state index is -1.15. The summed E-state index contributed by atoms with van der Waals surface area (Å²) in [5.41, 5.74) is 5.53. The van der Waals surface area contributed by atoms with Gasteiger partial charge >= 0.3 is 12.0 Å². The van der Waals surface area contributed by atoms with Crippen LogP contribution in [-0.2, 0) is 14.3 Å². The fourth-order valence-corrected chi connectivity index (χ4v) is 1.88. The maximum atomic E-state index is 11.8. The van der Waals surface area contributed by atoms with Gasteiger partial charge in [-0.25, -0.2) is 9.59 Å². The van der Waals surface area contributed by atoms with Gasteiger partial charge in [0.15, 0.2) is 17.6 Å². The van der Waals surface area contributed by atoms with Crippen molar-refractivity contribution in [2.75, 3.05) is 13.2 Å². The van der Waals surface area contributed by atoms with E-state index in [1.807, 2.05) is 19.2 Å². The van der Waals surface area contributed by atoms with Crippen molar-refractivity contribution in [3.8, 4) is 11.5 Å². The smallest absolute Gasteiger partial charge is 0.331 e. The number of imide groups is 1. The van der Waals surface area contributed by atoms with Crippen molar-refractivity contribution in [1.29, 1.82) is 0 Å². The Bertz CT molecular complexity index is 672. The second kappa shape index (κ2) is 10.8. The summed E-state index contributed by atoms with van der Waals surface area (Å²) in [6, 6.07) is 4.25. The summed E-state index contributed by atoms with van der Waals surface area (Å²) >= 11 is 0. The number of amides is 3. The number of esters is 1. The Hall–Kier alpha value is -3.03. The highest BCUT2D eigenvalue weighted by atomic mass is 16.5. The Morgan fingerprint density at radius 3 is 2.54 bits per heavy atom. The zero-order valence-electron chi connectivity index (χ0n) is 15.1. The van der Waals surface area contributed by atoms with Crippen LogP contribution in [0.3, 0.4) is 0 Å². The van der Waals surface area contributed by atoms with Gasteiger partial charge in [0.1, 0.15) is 0 Å². The van der Waals surface area contributed by atoms with Crippen molar-refractivity contribution >= 4 is 24.0 Å². The molecule has 26 heavy (non-hydrogen) atoms. The lowest BCUT2D eigenvalue weighted by molar-refractivity contribution is -0.149. The first-order valence-corrected chi connectivity index (χ1v) is 8.26. The number of benzene rings is 1. The number of urea groups is 1. The Kier molecular flexibility index (Phi) is 8.69. The second-order valence-electron chi connectivity index (χ2n) is 5.25. The first-order chi connectivity index (χ1) is 12.4. The third-order valence-electron chi connectivity index (χ3n) is 3.05.